The van der Waals surface area contributed by atoms with E-state index in [4.69, 9.17) is 0 Å². The molecule has 0 heterocycles. The van der Waals surface area contributed by atoms with E-state index in [9.17, 15) is 13.2 Å². The fourth-order valence-corrected chi connectivity index (χ4v) is 4.03. The number of carbonyl (C=O) groups is 1. The minimum Gasteiger partial charge on any atom is -0.350 e. The molecule has 146 valence electrons. The molecule has 0 aromatic heterocycles. The van der Waals surface area contributed by atoms with E-state index < -0.39 is 10.0 Å². The van der Waals surface area contributed by atoms with Gasteiger partial charge in [-0.3, -0.25) is 9.10 Å². The smallest absolute Gasteiger partial charge is 0.251 e. The normalized spacial score (nSPS) is 12.4. The molecule has 0 fully saturated rings. The quantitative estimate of drug-likeness (QED) is 0.713. The van der Waals surface area contributed by atoms with E-state index in [1.165, 1.54) is 9.87 Å². The number of benzene rings is 2. The molecular weight excluding hydrogens is 360 g/mol. The van der Waals surface area contributed by atoms with Gasteiger partial charge in [-0.25, -0.2) is 8.42 Å². The lowest BCUT2D eigenvalue weighted by atomic mass is 10.1. The van der Waals surface area contributed by atoms with Crippen LogP contribution in [-0.2, 0) is 16.4 Å². The molecular formula is C21H28N2O3S. The van der Waals surface area contributed by atoms with Crippen LogP contribution in [0.15, 0.2) is 54.6 Å². The molecule has 0 radical (unpaired) electrons. The van der Waals surface area contributed by atoms with E-state index in [0.29, 0.717) is 17.8 Å². The van der Waals surface area contributed by atoms with Crippen LogP contribution < -0.4 is 9.62 Å². The first-order valence-corrected chi connectivity index (χ1v) is 10.9. The lowest BCUT2D eigenvalue weighted by Gasteiger charge is -2.22. The lowest BCUT2D eigenvalue weighted by Crippen LogP contribution is -2.33. The molecule has 1 N–H and O–H groups in total. The number of amides is 1. The Morgan fingerprint density at radius 2 is 1.67 bits per heavy atom. The molecule has 0 unspecified atom stereocenters. The van der Waals surface area contributed by atoms with E-state index in [1.807, 2.05) is 25.1 Å². The summed E-state index contributed by atoms with van der Waals surface area (Å²) in [6.45, 7) is 5.76. The van der Waals surface area contributed by atoms with E-state index >= 15 is 0 Å². The molecule has 6 heteroatoms. The first kappa shape index (κ1) is 21.0. The Bertz CT molecular complexity index is 833. The fraction of sp³-hybridized carbons (Fsp3) is 0.381. The van der Waals surface area contributed by atoms with Gasteiger partial charge in [-0.05, 0) is 63.4 Å². The van der Waals surface area contributed by atoms with Crippen LogP contribution in [-0.4, -0.2) is 32.7 Å². The minimum atomic E-state index is -3.32. The van der Waals surface area contributed by atoms with Crippen molar-refractivity contribution in [2.45, 2.75) is 39.7 Å². The van der Waals surface area contributed by atoms with Crippen LogP contribution in [0.25, 0.3) is 0 Å². The molecule has 2 rings (SSSR count). The SMILES string of the molecule is CCN(c1ccc(C(=O)N[C@H](C)CCc2ccccc2)cc1)S(=O)(=O)CC. The van der Waals surface area contributed by atoms with Crippen molar-refractivity contribution in [2.75, 3.05) is 16.6 Å². The van der Waals surface area contributed by atoms with Gasteiger partial charge in [0.05, 0.1) is 11.4 Å². The zero-order valence-electron chi connectivity index (χ0n) is 16.2. The average Bonchev–Trinajstić information content (AvgIpc) is 2.68. The number of hydrogen-bond donors (Lipinski definition) is 1. The number of hydrogen-bond acceptors (Lipinski definition) is 3. The predicted molar refractivity (Wildman–Crippen MR) is 111 cm³/mol. The molecule has 0 aliphatic rings. The molecule has 0 spiro atoms. The van der Waals surface area contributed by atoms with Crippen LogP contribution in [0.4, 0.5) is 5.69 Å². The Morgan fingerprint density at radius 3 is 2.22 bits per heavy atom. The summed E-state index contributed by atoms with van der Waals surface area (Å²) in [5.41, 5.74) is 2.35. The van der Waals surface area contributed by atoms with Gasteiger partial charge in [-0.15, -0.1) is 0 Å². The summed E-state index contributed by atoms with van der Waals surface area (Å²) >= 11 is 0. The molecule has 0 aliphatic heterocycles. The van der Waals surface area contributed by atoms with Gasteiger partial charge in [0.15, 0.2) is 0 Å². The number of aryl methyl sites for hydroxylation is 1. The van der Waals surface area contributed by atoms with Gasteiger partial charge >= 0.3 is 0 Å². The predicted octanol–water partition coefficient (Wildman–Crippen LogP) is 3.61. The van der Waals surface area contributed by atoms with E-state index in [1.54, 1.807) is 38.1 Å². The van der Waals surface area contributed by atoms with Crippen molar-refractivity contribution in [3.05, 3.63) is 65.7 Å². The number of rotatable bonds is 9. The topological polar surface area (TPSA) is 66.5 Å². The Kier molecular flexibility index (Phi) is 7.42. The summed E-state index contributed by atoms with van der Waals surface area (Å²) in [5, 5.41) is 3.00. The summed E-state index contributed by atoms with van der Waals surface area (Å²) in [5.74, 6) is -0.106. The second-order valence-electron chi connectivity index (χ2n) is 6.51. The van der Waals surface area contributed by atoms with E-state index in [2.05, 4.69) is 17.4 Å². The molecule has 0 saturated carbocycles. The third-order valence-corrected chi connectivity index (χ3v) is 6.36. The van der Waals surface area contributed by atoms with Crippen LogP contribution in [0.2, 0.25) is 0 Å². The number of carbonyl (C=O) groups excluding carboxylic acids is 1. The van der Waals surface area contributed by atoms with Crippen molar-refractivity contribution in [1.29, 1.82) is 0 Å². The molecule has 0 aliphatic carbocycles. The standard InChI is InChI=1S/C21H28N2O3S/c1-4-23(27(25,26)5-2)20-15-13-19(14-16-20)21(24)22-17(3)11-12-18-9-7-6-8-10-18/h6-10,13-17H,4-5,11-12H2,1-3H3,(H,22,24)/t17-/m1/s1. The van der Waals surface area contributed by atoms with Crippen molar-refractivity contribution in [2.24, 2.45) is 0 Å². The van der Waals surface area contributed by atoms with Gasteiger partial charge in [0.2, 0.25) is 10.0 Å². The molecule has 1 atom stereocenters. The Morgan fingerprint density at radius 1 is 1.04 bits per heavy atom. The Hall–Kier alpha value is -2.34. The molecule has 1 amide bonds. The van der Waals surface area contributed by atoms with Crippen molar-refractivity contribution in [3.8, 4) is 0 Å². The van der Waals surface area contributed by atoms with Crippen molar-refractivity contribution >= 4 is 21.6 Å². The molecule has 2 aromatic carbocycles. The highest BCUT2D eigenvalue weighted by Crippen LogP contribution is 2.19. The largest absolute Gasteiger partial charge is 0.350 e. The van der Waals surface area contributed by atoms with Crippen LogP contribution >= 0.6 is 0 Å². The first-order chi connectivity index (χ1) is 12.9. The van der Waals surface area contributed by atoms with Gasteiger partial charge in [-0.1, -0.05) is 30.3 Å². The highest BCUT2D eigenvalue weighted by Gasteiger charge is 2.19. The summed E-state index contributed by atoms with van der Waals surface area (Å²) in [6, 6.07) is 16.9. The highest BCUT2D eigenvalue weighted by atomic mass is 32.2. The second kappa shape index (κ2) is 9.55. The molecule has 5 nitrogen and oxygen atoms in total. The van der Waals surface area contributed by atoms with Gasteiger partial charge in [0.1, 0.15) is 0 Å². The zero-order chi connectivity index (χ0) is 19.9. The number of nitrogens with one attached hydrogen (secondary N) is 1. The van der Waals surface area contributed by atoms with Crippen LogP contribution in [0, 0.1) is 0 Å². The lowest BCUT2D eigenvalue weighted by molar-refractivity contribution is 0.0938. The maximum atomic E-state index is 12.4. The monoisotopic (exact) mass is 388 g/mol. The van der Waals surface area contributed by atoms with E-state index in [0.717, 1.165) is 12.8 Å². The summed E-state index contributed by atoms with van der Waals surface area (Å²) < 4.78 is 25.6. The number of nitrogens with zero attached hydrogens (tertiary/aromatic N) is 1. The van der Waals surface area contributed by atoms with Crippen molar-refractivity contribution in [1.82, 2.24) is 5.32 Å². The number of anilines is 1. The maximum absolute atomic E-state index is 12.4. The van der Waals surface area contributed by atoms with E-state index in [-0.39, 0.29) is 17.7 Å². The van der Waals surface area contributed by atoms with Gasteiger partial charge < -0.3 is 5.32 Å². The van der Waals surface area contributed by atoms with Crippen LogP contribution in [0.3, 0.4) is 0 Å². The first-order valence-electron chi connectivity index (χ1n) is 9.32. The number of sulfonamides is 1. The molecule has 0 saturated heterocycles. The van der Waals surface area contributed by atoms with Gasteiger partial charge in [-0.2, -0.15) is 0 Å². The molecule has 27 heavy (non-hydrogen) atoms. The minimum absolute atomic E-state index is 0.0437. The summed E-state index contributed by atoms with van der Waals surface area (Å²) in [7, 11) is -3.32. The third-order valence-electron chi connectivity index (χ3n) is 4.49. The van der Waals surface area contributed by atoms with Crippen LogP contribution in [0.5, 0.6) is 0 Å². The highest BCUT2D eigenvalue weighted by molar-refractivity contribution is 7.92. The Balaban J connectivity index is 1.96. The summed E-state index contributed by atoms with van der Waals surface area (Å²) in [4.78, 5) is 12.4. The van der Waals surface area contributed by atoms with Crippen molar-refractivity contribution < 1.29 is 13.2 Å². The molecule has 0 bridgehead atoms. The Labute approximate surface area is 162 Å². The zero-order valence-corrected chi connectivity index (χ0v) is 17.0. The fourth-order valence-electron chi connectivity index (χ4n) is 2.88. The van der Waals surface area contributed by atoms with Gasteiger partial charge in [0.25, 0.3) is 5.91 Å². The van der Waals surface area contributed by atoms with Crippen molar-refractivity contribution in [3.63, 3.8) is 0 Å². The van der Waals surface area contributed by atoms with Crippen LogP contribution in [0.1, 0.15) is 43.1 Å². The summed E-state index contributed by atoms with van der Waals surface area (Å²) in [6.07, 6.45) is 1.76. The van der Waals surface area contributed by atoms with Gasteiger partial charge in [0, 0.05) is 18.2 Å². The third kappa shape index (κ3) is 5.82. The molecule has 2 aromatic rings. The average molecular weight is 389 g/mol. The second-order valence-corrected chi connectivity index (χ2v) is 8.69. The maximum Gasteiger partial charge on any atom is 0.251 e.